The molecule has 0 aliphatic carbocycles. The molecule has 0 aliphatic heterocycles. The first-order valence-corrected chi connectivity index (χ1v) is 7.76. The molecule has 2 rings (SSSR count). The number of hydrogen-bond donors (Lipinski definition) is 2. The zero-order chi connectivity index (χ0) is 15.2. The van der Waals surface area contributed by atoms with Crippen LogP contribution < -0.4 is 16.0 Å². The maximum Gasteiger partial charge on any atom is 0.161 e. The molecule has 0 saturated heterocycles. The van der Waals surface area contributed by atoms with Gasteiger partial charge in [-0.1, -0.05) is 6.07 Å². The largest absolute Gasteiger partial charge is 0.493 e. The summed E-state index contributed by atoms with van der Waals surface area (Å²) in [5.74, 6) is 6.55. The van der Waals surface area contributed by atoms with Gasteiger partial charge in [0.2, 0.25) is 0 Å². The number of thiophene rings is 1. The number of nitrogens with one attached hydrogen (secondary N) is 1. The van der Waals surface area contributed by atoms with Crippen LogP contribution in [0.3, 0.4) is 0 Å². The minimum atomic E-state index is -0.0248. The summed E-state index contributed by atoms with van der Waals surface area (Å²) in [6.07, 6.45) is 2.57. The smallest absolute Gasteiger partial charge is 0.161 e. The minimum absolute atomic E-state index is 0.0248. The van der Waals surface area contributed by atoms with Crippen molar-refractivity contribution >= 4 is 11.3 Å². The third-order valence-electron chi connectivity index (χ3n) is 3.34. The van der Waals surface area contributed by atoms with Crippen LogP contribution in [0.2, 0.25) is 0 Å². The molecule has 0 saturated carbocycles. The Bertz CT molecular complexity index is 538. The van der Waals surface area contributed by atoms with Gasteiger partial charge in [0.25, 0.3) is 0 Å². The van der Waals surface area contributed by atoms with Crippen molar-refractivity contribution in [1.82, 2.24) is 20.1 Å². The van der Waals surface area contributed by atoms with Crippen LogP contribution in [0.25, 0.3) is 0 Å². The second-order valence-corrected chi connectivity index (χ2v) is 6.16. The first-order valence-electron chi connectivity index (χ1n) is 6.88. The topological polar surface area (TPSA) is 68.3 Å². The fraction of sp³-hybridized carbons (Fsp3) is 0.500. The number of aromatic nitrogens is 2. The zero-order valence-electron chi connectivity index (χ0n) is 12.7. The van der Waals surface area contributed by atoms with E-state index in [9.17, 15) is 0 Å². The van der Waals surface area contributed by atoms with Crippen LogP contribution in [-0.2, 0) is 13.0 Å². The van der Waals surface area contributed by atoms with E-state index in [-0.39, 0.29) is 6.04 Å². The van der Waals surface area contributed by atoms with E-state index >= 15 is 0 Å². The van der Waals surface area contributed by atoms with Crippen LogP contribution >= 0.6 is 11.3 Å². The van der Waals surface area contributed by atoms with E-state index in [2.05, 4.69) is 26.9 Å². The van der Waals surface area contributed by atoms with Gasteiger partial charge in [-0.2, -0.15) is 5.10 Å². The third kappa shape index (κ3) is 4.04. The Balaban J connectivity index is 2.23. The summed E-state index contributed by atoms with van der Waals surface area (Å²) in [4.78, 5) is 3.41. The van der Waals surface area contributed by atoms with E-state index in [1.807, 2.05) is 24.8 Å². The molecule has 0 radical (unpaired) electrons. The molecule has 7 heteroatoms. The summed E-state index contributed by atoms with van der Waals surface area (Å²) in [6.45, 7) is 1.71. The van der Waals surface area contributed by atoms with Crippen molar-refractivity contribution in [3.8, 4) is 5.75 Å². The minimum Gasteiger partial charge on any atom is -0.493 e. The molecule has 0 bridgehead atoms. The fourth-order valence-corrected chi connectivity index (χ4v) is 2.98. The molecule has 1 atom stereocenters. The molecule has 0 aliphatic rings. The van der Waals surface area contributed by atoms with Crippen LogP contribution in [0, 0.1) is 0 Å². The molecule has 0 spiro atoms. The van der Waals surface area contributed by atoms with E-state index in [1.54, 1.807) is 24.6 Å². The van der Waals surface area contributed by atoms with Crippen molar-refractivity contribution in [2.75, 3.05) is 27.7 Å². The Hall–Kier alpha value is -1.41. The highest BCUT2D eigenvalue weighted by Gasteiger charge is 2.21. The lowest BCUT2D eigenvalue weighted by molar-refractivity contribution is 0.354. The molecule has 0 fully saturated rings. The monoisotopic (exact) mass is 309 g/mol. The predicted octanol–water partition coefficient (Wildman–Crippen LogP) is 1.26. The summed E-state index contributed by atoms with van der Waals surface area (Å²) in [5.41, 5.74) is 3.89. The molecule has 2 aromatic heterocycles. The Kier molecular flexibility index (Phi) is 5.75. The quantitative estimate of drug-likeness (QED) is 0.567. The fourth-order valence-electron chi connectivity index (χ4n) is 2.22. The van der Waals surface area contributed by atoms with E-state index in [0.717, 1.165) is 31.0 Å². The van der Waals surface area contributed by atoms with Crippen LogP contribution in [0.15, 0.2) is 23.7 Å². The van der Waals surface area contributed by atoms with Gasteiger partial charge in [0, 0.05) is 17.8 Å². The molecule has 1 unspecified atom stereocenters. The van der Waals surface area contributed by atoms with Gasteiger partial charge in [-0.15, -0.1) is 11.3 Å². The highest BCUT2D eigenvalue weighted by molar-refractivity contribution is 7.09. The number of hydrazine groups is 1. The molecule has 2 heterocycles. The number of likely N-dealkylation sites (N-methyl/N-ethyl adjacent to an activating group) is 1. The average molecular weight is 309 g/mol. The van der Waals surface area contributed by atoms with Gasteiger partial charge in [0.1, 0.15) is 0 Å². The predicted molar refractivity (Wildman–Crippen MR) is 85.4 cm³/mol. The van der Waals surface area contributed by atoms with Crippen molar-refractivity contribution in [2.45, 2.75) is 19.0 Å². The second kappa shape index (κ2) is 7.56. The summed E-state index contributed by atoms with van der Waals surface area (Å²) < 4.78 is 7.41. The Morgan fingerprint density at radius 3 is 2.90 bits per heavy atom. The van der Waals surface area contributed by atoms with Crippen LogP contribution in [0.1, 0.15) is 16.6 Å². The molecule has 21 heavy (non-hydrogen) atoms. The lowest BCUT2D eigenvalue weighted by Crippen LogP contribution is -2.32. The summed E-state index contributed by atoms with van der Waals surface area (Å²) in [7, 11) is 5.75. The average Bonchev–Trinajstić information content (AvgIpc) is 3.11. The van der Waals surface area contributed by atoms with Gasteiger partial charge in [0.15, 0.2) is 5.75 Å². The second-order valence-electron chi connectivity index (χ2n) is 5.13. The summed E-state index contributed by atoms with van der Waals surface area (Å²) >= 11 is 1.73. The molecule has 0 amide bonds. The SMILES string of the molecule is COc1cnn(CCN(C)C)c1C(Cc1cccs1)NN. The van der Waals surface area contributed by atoms with Crippen molar-refractivity contribution in [2.24, 2.45) is 5.84 Å². The summed E-state index contributed by atoms with van der Waals surface area (Å²) in [6, 6.07) is 4.14. The maximum atomic E-state index is 5.78. The highest BCUT2D eigenvalue weighted by Crippen LogP contribution is 2.28. The van der Waals surface area contributed by atoms with Gasteiger partial charge in [-0.3, -0.25) is 16.0 Å². The van der Waals surface area contributed by atoms with Gasteiger partial charge < -0.3 is 9.64 Å². The van der Waals surface area contributed by atoms with E-state index in [1.165, 1.54) is 4.88 Å². The normalized spacial score (nSPS) is 12.8. The summed E-state index contributed by atoms with van der Waals surface area (Å²) in [5, 5.41) is 6.50. The van der Waals surface area contributed by atoms with E-state index < -0.39 is 0 Å². The Morgan fingerprint density at radius 2 is 2.33 bits per heavy atom. The molecular weight excluding hydrogens is 286 g/mol. The van der Waals surface area contributed by atoms with Crippen LogP contribution in [0.5, 0.6) is 5.75 Å². The lowest BCUT2D eigenvalue weighted by atomic mass is 10.1. The number of nitrogens with zero attached hydrogens (tertiary/aromatic N) is 3. The van der Waals surface area contributed by atoms with Gasteiger partial charge >= 0.3 is 0 Å². The number of ether oxygens (including phenoxy) is 1. The number of methoxy groups -OCH3 is 1. The zero-order valence-corrected chi connectivity index (χ0v) is 13.6. The number of nitrogens with two attached hydrogens (primary N) is 1. The number of hydrogen-bond acceptors (Lipinski definition) is 6. The first kappa shape index (κ1) is 16.0. The Morgan fingerprint density at radius 1 is 1.52 bits per heavy atom. The molecule has 0 aromatic carbocycles. The first-order chi connectivity index (χ1) is 10.2. The van der Waals surface area contributed by atoms with E-state index in [4.69, 9.17) is 10.6 Å². The van der Waals surface area contributed by atoms with E-state index in [0.29, 0.717) is 0 Å². The standard InChI is InChI=1S/C14H23N5OS/c1-18(2)6-7-19-14(13(20-3)10-16-19)12(17-15)9-11-5-4-8-21-11/h4-5,8,10,12,17H,6-7,9,15H2,1-3H3. The lowest BCUT2D eigenvalue weighted by Gasteiger charge is -2.19. The molecule has 116 valence electrons. The third-order valence-corrected chi connectivity index (χ3v) is 4.24. The van der Waals surface area contributed by atoms with Crippen LogP contribution in [0.4, 0.5) is 0 Å². The van der Waals surface area contributed by atoms with Crippen molar-refractivity contribution in [1.29, 1.82) is 0 Å². The molecular formula is C14H23N5OS. The molecule has 2 aromatic rings. The van der Waals surface area contributed by atoms with Gasteiger partial charge in [-0.05, 0) is 25.5 Å². The maximum absolute atomic E-state index is 5.78. The van der Waals surface area contributed by atoms with Crippen molar-refractivity contribution in [3.05, 3.63) is 34.3 Å². The molecule has 6 nitrogen and oxygen atoms in total. The van der Waals surface area contributed by atoms with Crippen molar-refractivity contribution in [3.63, 3.8) is 0 Å². The molecule has 3 N–H and O–H groups in total. The van der Waals surface area contributed by atoms with Crippen LogP contribution in [-0.4, -0.2) is 42.4 Å². The number of rotatable bonds is 8. The highest BCUT2D eigenvalue weighted by atomic mass is 32.1. The Labute approximate surface area is 129 Å². The van der Waals surface area contributed by atoms with Gasteiger partial charge in [-0.25, -0.2) is 0 Å². The van der Waals surface area contributed by atoms with Crippen molar-refractivity contribution < 1.29 is 4.74 Å². The van der Waals surface area contributed by atoms with Gasteiger partial charge in [0.05, 0.1) is 31.6 Å².